The number of para-hydroxylation sites is 1. The van der Waals surface area contributed by atoms with Crippen LogP contribution >= 0.6 is 0 Å². The molecule has 1 aromatic heterocycles. The summed E-state index contributed by atoms with van der Waals surface area (Å²) in [6.45, 7) is 2.29. The molecule has 0 spiro atoms. The van der Waals surface area contributed by atoms with Crippen LogP contribution in [-0.4, -0.2) is 13.0 Å². The minimum absolute atomic E-state index is 0.282. The van der Waals surface area contributed by atoms with Gasteiger partial charge in [-0.25, -0.2) is 13.1 Å². The molecule has 0 aliphatic carbocycles. The minimum Gasteiger partial charge on any atom is -0.348 e. The van der Waals surface area contributed by atoms with Crippen LogP contribution in [0.25, 0.3) is 10.9 Å². The standard InChI is InChI=1S/C17H18N2O2S/c1-13-16(15-10-6-7-11-17(15)19(13)2)12-18-22(20,21)14-8-4-3-5-9-14/h3-11,18H,12H2,1-2H3. The first kappa shape index (κ1) is 14.8. The molecule has 3 aromatic rings. The number of fused-ring (bicyclic) bond motifs is 1. The molecule has 0 saturated heterocycles. The summed E-state index contributed by atoms with van der Waals surface area (Å²) < 4.78 is 29.5. The van der Waals surface area contributed by atoms with Gasteiger partial charge in [0.2, 0.25) is 10.0 Å². The molecule has 2 aromatic carbocycles. The van der Waals surface area contributed by atoms with Crippen LogP contribution in [-0.2, 0) is 23.6 Å². The third-order valence-corrected chi connectivity index (χ3v) is 5.44. The Bertz CT molecular complexity index is 912. The normalized spacial score (nSPS) is 11.9. The highest BCUT2D eigenvalue weighted by molar-refractivity contribution is 7.89. The van der Waals surface area contributed by atoms with Crippen LogP contribution in [0.15, 0.2) is 59.5 Å². The molecule has 114 valence electrons. The minimum atomic E-state index is -3.49. The van der Waals surface area contributed by atoms with E-state index >= 15 is 0 Å². The van der Waals surface area contributed by atoms with Crippen molar-refractivity contribution in [3.63, 3.8) is 0 Å². The molecule has 22 heavy (non-hydrogen) atoms. The fraction of sp³-hybridized carbons (Fsp3) is 0.176. The maximum Gasteiger partial charge on any atom is 0.240 e. The van der Waals surface area contributed by atoms with Crippen molar-refractivity contribution < 1.29 is 8.42 Å². The van der Waals surface area contributed by atoms with Gasteiger partial charge in [-0.3, -0.25) is 0 Å². The molecule has 0 amide bonds. The van der Waals surface area contributed by atoms with Crippen LogP contribution in [0.1, 0.15) is 11.3 Å². The van der Waals surface area contributed by atoms with E-state index in [1.54, 1.807) is 30.3 Å². The molecule has 5 heteroatoms. The van der Waals surface area contributed by atoms with E-state index in [1.807, 2.05) is 38.2 Å². The van der Waals surface area contributed by atoms with Crippen molar-refractivity contribution in [1.82, 2.24) is 9.29 Å². The highest BCUT2D eigenvalue weighted by atomic mass is 32.2. The van der Waals surface area contributed by atoms with Crippen molar-refractivity contribution in [3.8, 4) is 0 Å². The van der Waals surface area contributed by atoms with E-state index in [0.29, 0.717) is 0 Å². The van der Waals surface area contributed by atoms with E-state index in [4.69, 9.17) is 0 Å². The molecule has 3 rings (SSSR count). The molecular weight excluding hydrogens is 296 g/mol. The SMILES string of the molecule is Cc1c(CNS(=O)(=O)c2ccccc2)c2ccccc2n1C. The highest BCUT2D eigenvalue weighted by Gasteiger charge is 2.16. The second-order valence-electron chi connectivity index (χ2n) is 5.28. The van der Waals surface area contributed by atoms with Gasteiger partial charge < -0.3 is 4.57 Å². The number of aromatic nitrogens is 1. The van der Waals surface area contributed by atoms with Crippen LogP contribution < -0.4 is 4.72 Å². The predicted molar refractivity (Wildman–Crippen MR) is 88.1 cm³/mol. The van der Waals surface area contributed by atoms with Crippen molar-refractivity contribution in [3.05, 3.63) is 65.9 Å². The largest absolute Gasteiger partial charge is 0.348 e. The smallest absolute Gasteiger partial charge is 0.240 e. The first-order valence-electron chi connectivity index (χ1n) is 7.08. The van der Waals surface area contributed by atoms with Crippen molar-refractivity contribution in [2.24, 2.45) is 7.05 Å². The second kappa shape index (κ2) is 5.59. The van der Waals surface area contributed by atoms with Gasteiger partial charge in [0.15, 0.2) is 0 Å². The fourth-order valence-electron chi connectivity index (χ4n) is 2.67. The molecule has 0 saturated carbocycles. The molecule has 0 atom stereocenters. The van der Waals surface area contributed by atoms with Crippen molar-refractivity contribution in [1.29, 1.82) is 0 Å². The lowest BCUT2D eigenvalue weighted by molar-refractivity contribution is 0.581. The van der Waals surface area contributed by atoms with E-state index in [1.165, 1.54) is 0 Å². The molecule has 1 heterocycles. The Hall–Kier alpha value is -2.11. The average Bonchev–Trinajstić information content (AvgIpc) is 2.78. The number of benzene rings is 2. The van der Waals surface area contributed by atoms with Crippen LogP contribution in [0.2, 0.25) is 0 Å². The summed E-state index contributed by atoms with van der Waals surface area (Å²) in [5, 5.41) is 1.08. The van der Waals surface area contributed by atoms with Gasteiger partial charge in [-0.15, -0.1) is 0 Å². The molecule has 0 fully saturated rings. The zero-order chi connectivity index (χ0) is 15.7. The number of hydrogen-bond acceptors (Lipinski definition) is 2. The summed E-state index contributed by atoms with van der Waals surface area (Å²) in [4.78, 5) is 0.285. The first-order valence-corrected chi connectivity index (χ1v) is 8.56. The highest BCUT2D eigenvalue weighted by Crippen LogP contribution is 2.25. The predicted octanol–water partition coefficient (Wildman–Crippen LogP) is 2.97. The summed E-state index contributed by atoms with van der Waals surface area (Å²) in [5.41, 5.74) is 3.18. The Kier molecular flexibility index (Phi) is 3.76. The number of nitrogens with one attached hydrogen (secondary N) is 1. The number of nitrogens with zero attached hydrogens (tertiary/aromatic N) is 1. The van der Waals surface area contributed by atoms with E-state index in [9.17, 15) is 8.42 Å². The van der Waals surface area contributed by atoms with Gasteiger partial charge in [0.05, 0.1) is 4.90 Å². The summed E-state index contributed by atoms with van der Waals surface area (Å²) in [6, 6.07) is 16.4. The Morgan fingerprint density at radius 3 is 2.36 bits per heavy atom. The third kappa shape index (κ3) is 2.53. The molecule has 0 bridgehead atoms. The van der Waals surface area contributed by atoms with Crippen LogP contribution in [0.5, 0.6) is 0 Å². The van der Waals surface area contributed by atoms with E-state index in [2.05, 4.69) is 9.29 Å². The van der Waals surface area contributed by atoms with Crippen molar-refractivity contribution in [2.45, 2.75) is 18.4 Å². The zero-order valence-corrected chi connectivity index (χ0v) is 13.4. The number of hydrogen-bond donors (Lipinski definition) is 1. The van der Waals surface area contributed by atoms with E-state index < -0.39 is 10.0 Å². The Morgan fingerprint density at radius 1 is 1.00 bits per heavy atom. The quantitative estimate of drug-likeness (QED) is 0.805. The van der Waals surface area contributed by atoms with Crippen LogP contribution in [0.3, 0.4) is 0 Å². The third-order valence-electron chi connectivity index (χ3n) is 4.02. The molecule has 1 N–H and O–H groups in total. The topological polar surface area (TPSA) is 51.1 Å². The Balaban J connectivity index is 1.94. The van der Waals surface area contributed by atoms with Crippen molar-refractivity contribution in [2.75, 3.05) is 0 Å². The first-order chi connectivity index (χ1) is 10.5. The number of aryl methyl sites for hydroxylation is 1. The van der Waals surface area contributed by atoms with Crippen molar-refractivity contribution >= 4 is 20.9 Å². The number of sulfonamides is 1. The molecular formula is C17H18N2O2S. The number of rotatable bonds is 4. The van der Waals surface area contributed by atoms with E-state index in [-0.39, 0.29) is 11.4 Å². The van der Waals surface area contributed by atoms with Gasteiger partial charge >= 0.3 is 0 Å². The second-order valence-corrected chi connectivity index (χ2v) is 7.04. The van der Waals surface area contributed by atoms with Gasteiger partial charge in [-0.1, -0.05) is 36.4 Å². The lowest BCUT2D eigenvalue weighted by atomic mass is 10.1. The van der Waals surface area contributed by atoms with Crippen LogP contribution in [0, 0.1) is 6.92 Å². The van der Waals surface area contributed by atoms with Gasteiger partial charge in [-0.2, -0.15) is 0 Å². The molecule has 0 aliphatic rings. The van der Waals surface area contributed by atoms with Gasteiger partial charge in [0.1, 0.15) is 0 Å². The summed E-state index contributed by atoms with van der Waals surface area (Å²) in [7, 11) is -1.50. The lowest BCUT2D eigenvalue weighted by Crippen LogP contribution is -2.23. The molecule has 4 nitrogen and oxygen atoms in total. The molecule has 0 radical (unpaired) electrons. The van der Waals surface area contributed by atoms with Gasteiger partial charge in [0, 0.05) is 30.2 Å². The summed E-state index contributed by atoms with van der Waals surface area (Å²) in [6.07, 6.45) is 0. The maximum atomic E-state index is 12.3. The molecule has 0 unspecified atom stereocenters. The zero-order valence-electron chi connectivity index (χ0n) is 12.6. The van der Waals surface area contributed by atoms with E-state index in [0.717, 1.165) is 22.2 Å². The summed E-state index contributed by atoms with van der Waals surface area (Å²) in [5.74, 6) is 0. The summed E-state index contributed by atoms with van der Waals surface area (Å²) >= 11 is 0. The maximum absolute atomic E-state index is 12.3. The van der Waals surface area contributed by atoms with Gasteiger partial charge in [0.25, 0.3) is 0 Å². The Morgan fingerprint density at radius 2 is 1.64 bits per heavy atom. The van der Waals surface area contributed by atoms with Crippen LogP contribution in [0.4, 0.5) is 0 Å². The fourth-order valence-corrected chi connectivity index (χ4v) is 3.69. The average molecular weight is 314 g/mol. The lowest BCUT2D eigenvalue weighted by Gasteiger charge is -2.07. The monoisotopic (exact) mass is 314 g/mol. The molecule has 0 aliphatic heterocycles. The Labute approximate surface area is 130 Å². The van der Waals surface area contributed by atoms with Gasteiger partial charge in [-0.05, 0) is 30.7 Å².